The highest BCUT2D eigenvalue weighted by Crippen LogP contribution is 2.20. The summed E-state index contributed by atoms with van der Waals surface area (Å²) in [5.74, 6) is -0.381. The molecule has 0 fully saturated rings. The third kappa shape index (κ3) is 4.70. The molecule has 1 heterocycles. The summed E-state index contributed by atoms with van der Waals surface area (Å²) < 4.78 is 4.78. The minimum Gasteiger partial charge on any atom is -0.465 e. The van der Waals surface area contributed by atoms with Gasteiger partial charge >= 0.3 is 5.97 Å². The molecule has 0 saturated heterocycles. The van der Waals surface area contributed by atoms with Crippen LogP contribution in [0.5, 0.6) is 0 Å². The zero-order chi connectivity index (χ0) is 19.9. The van der Waals surface area contributed by atoms with Gasteiger partial charge in [0.15, 0.2) is 0 Å². The highest BCUT2D eigenvalue weighted by Gasteiger charge is 2.13. The van der Waals surface area contributed by atoms with Crippen molar-refractivity contribution in [3.63, 3.8) is 0 Å². The number of esters is 1. The summed E-state index contributed by atoms with van der Waals surface area (Å²) in [6.45, 7) is 2.40. The molecule has 7 heteroatoms. The van der Waals surface area contributed by atoms with Crippen LogP contribution in [0.25, 0.3) is 0 Å². The van der Waals surface area contributed by atoms with Gasteiger partial charge in [0, 0.05) is 12.6 Å². The Labute approximate surface area is 162 Å². The van der Waals surface area contributed by atoms with Gasteiger partial charge in [0.1, 0.15) is 17.8 Å². The van der Waals surface area contributed by atoms with E-state index < -0.39 is 5.97 Å². The van der Waals surface area contributed by atoms with Gasteiger partial charge in [-0.05, 0) is 24.6 Å². The zero-order valence-corrected chi connectivity index (χ0v) is 15.6. The first-order valence-corrected chi connectivity index (χ1v) is 8.67. The van der Waals surface area contributed by atoms with Crippen molar-refractivity contribution in [1.29, 1.82) is 0 Å². The van der Waals surface area contributed by atoms with E-state index in [9.17, 15) is 9.59 Å². The maximum Gasteiger partial charge on any atom is 0.339 e. The van der Waals surface area contributed by atoms with Gasteiger partial charge in [-0.2, -0.15) is 0 Å². The maximum atomic E-state index is 12.4. The second-order valence-corrected chi connectivity index (χ2v) is 6.12. The van der Waals surface area contributed by atoms with E-state index >= 15 is 0 Å². The fourth-order valence-electron chi connectivity index (χ4n) is 2.66. The third-order valence-electron chi connectivity index (χ3n) is 4.03. The normalized spacial score (nSPS) is 10.2. The number of nitrogens with one attached hydrogen (secondary N) is 2. The smallest absolute Gasteiger partial charge is 0.339 e. The van der Waals surface area contributed by atoms with Crippen LogP contribution in [0.3, 0.4) is 0 Å². The first kappa shape index (κ1) is 19.0. The van der Waals surface area contributed by atoms with Crippen LogP contribution in [-0.4, -0.2) is 29.0 Å². The zero-order valence-electron chi connectivity index (χ0n) is 15.6. The first-order valence-electron chi connectivity index (χ1n) is 8.67. The van der Waals surface area contributed by atoms with Gasteiger partial charge in [-0.25, -0.2) is 14.8 Å². The number of aromatic nitrogens is 2. The van der Waals surface area contributed by atoms with Crippen LogP contribution in [0, 0.1) is 6.92 Å². The first-order chi connectivity index (χ1) is 13.6. The van der Waals surface area contributed by atoms with Crippen molar-refractivity contribution < 1.29 is 14.3 Å². The summed E-state index contributed by atoms with van der Waals surface area (Å²) >= 11 is 0. The Kier molecular flexibility index (Phi) is 5.96. The lowest BCUT2D eigenvalue weighted by atomic mass is 10.1. The number of anilines is 2. The fraction of sp³-hybridized carbons (Fsp3) is 0.143. The monoisotopic (exact) mass is 376 g/mol. The number of aryl methyl sites for hydroxylation is 1. The van der Waals surface area contributed by atoms with Crippen molar-refractivity contribution in [2.75, 3.05) is 12.4 Å². The summed E-state index contributed by atoms with van der Waals surface area (Å²) in [4.78, 5) is 32.5. The lowest BCUT2D eigenvalue weighted by Gasteiger charge is -2.11. The molecule has 3 rings (SSSR count). The Balaban J connectivity index is 1.72. The minimum atomic E-state index is -0.465. The Hall–Kier alpha value is -3.74. The molecule has 1 aromatic heterocycles. The second-order valence-electron chi connectivity index (χ2n) is 6.12. The molecule has 2 N–H and O–H groups in total. The van der Waals surface area contributed by atoms with Gasteiger partial charge in [0.2, 0.25) is 0 Å². The Morgan fingerprint density at radius 2 is 1.86 bits per heavy atom. The molecular weight excluding hydrogens is 356 g/mol. The molecule has 0 saturated carbocycles. The SMILES string of the molecule is COC(=O)c1ccccc1Nc1cc(C(=O)NCc2cccc(C)c2)ncn1. The Morgan fingerprint density at radius 1 is 1.04 bits per heavy atom. The van der Waals surface area contributed by atoms with Gasteiger partial charge < -0.3 is 15.4 Å². The van der Waals surface area contributed by atoms with E-state index in [2.05, 4.69) is 20.6 Å². The molecule has 1 amide bonds. The lowest BCUT2D eigenvalue weighted by molar-refractivity contribution is 0.0601. The second kappa shape index (κ2) is 8.77. The van der Waals surface area contributed by atoms with Gasteiger partial charge in [0.05, 0.1) is 18.4 Å². The van der Waals surface area contributed by atoms with Gasteiger partial charge in [-0.15, -0.1) is 0 Å². The van der Waals surface area contributed by atoms with Crippen molar-refractivity contribution in [3.05, 3.63) is 83.3 Å². The van der Waals surface area contributed by atoms with Gasteiger partial charge in [-0.1, -0.05) is 42.0 Å². The number of para-hydroxylation sites is 1. The third-order valence-corrected chi connectivity index (χ3v) is 4.03. The minimum absolute atomic E-state index is 0.223. The molecule has 0 bridgehead atoms. The highest BCUT2D eigenvalue weighted by atomic mass is 16.5. The van der Waals surface area contributed by atoms with Crippen molar-refractivity contribution >= 4 is 23.4 Å². The van der Waals surface area contributed by atoms with E-state index in [1.807, 2.05) is 31.2 Å². The summed E-state index contributed by atoms with van der Waals surface area (Å²) in [7, 11) is 1.32. The molecule has 0 aliphatic carbocycles. The summed E-state index contributed by atoms with van der Waals surface area (Å²) in [5.41, 5.74) is 3.26. The number of benzene rings is 2. The fourth-order valence-corrected chi connectivity index (χ4v) is 2.66. The van der Waals surface area contributed by atoms with Crippen molar-refractivity contribution in [3.8, 4) is 0 Å². The number of carbonyl (C=O) groups is 2. The summed E-state index contributed by atoms with van der Waals surface area (Å²) in [6.07, 6.45) is 1.30. The molecule has 0 radical (unpaired) electrons. The van der Waals surface area contributed by atoms with Crippen LogP contribution in [0.2, 0.25) is 0 Å². The highest BCUT2D eigenvalue weighted by molar-refractivity contribution is 5.97. The average molecular weight is 376 g/mol. The van der Waals surface area contributed by atoms with E-state index in [4.69, 9.17) is 4.74 Å². The molecular formula is C21H20N4O3. The summed E-state index contributed by atoms with van der Waals surface area (Å²) in [5, 5.41) is 5.87. The van der Waals surface area contributed by atoms with Crippen molar-refractivity contribution in [2.24, 2.45) is 0 Å². The van der Waals surface area contributed by atoms with Crippen LogP contribution in [0.4, 0.5) is 11.5 Å². The number of methoxy groups -OCH3 is 1. The summed E-state index contributed by atoms with van der Waals surface area (Å²) in [6, 6.07) is 16.3. The topological polar surface area (TPSA) is 93.2 Å². The lowest BCUT2D eigenvalue weighted by Crippen LogP contribution is -2.24. The van der Waals surface area contributed by atoms with Crippen molar-refractivity contribution in [2.45, 2.75) is 13.5 Å². The molecule has 0 aliphatic rings. The van der Waals surface area contributed by atoms with Crippen LogP contribution in [-0.2, 0) is 11.3 Å². The number of carbonyl (C=O) groups excluding carboxylic acids is 2. The molecule has 0 unspecified atom stereocenters. The standard InChI is InChI=1S/C21H20N4O3/c1-14-6-5-7-15(10-14)12-22-20(26)18-11-19(24-13-23-18)25-17-9-4-3-8-16(17)21(27)28-2/h3-11,13H,12H2,1-2H3,(H,22,26)(H,23,24,25). The molecule has 0 atom stereocenters. The molecule has 7 nitrogen and oxygen atoms in total. The van der Waals surface area contributed by atoms with Gasteiger partial charge in [0.25, 0.3) is 5.91 Å². The van der Waals surface area contributed by atoms with Gasteiger partial charge in [-0.3, -0.25) is 4.79 Å². The molecule has 142 valence electrons. The van der Waals surface area contributed by atoms with Crippen LogP contribution in [0.15, 0.2) is 60.9 Å². The largest absolute Gasteiger partial charge is 0.465 e. The number of ether oxygens (including phenoxy) is 1. The number of amides is 1. The van der Waals surface area contributed by atoms with E-state index in [1.165, 1.54) is 19.5 Å². The molecule has 28 heavy (non-hydrogen) atoms. The Bertz CT molecular complexity index is 1000. The van der Waals surface area contributed by atoms with E-state index in [-0.39, 0.29) is 11.6 Å². The molecule has 2 aromatic carbocycles. The predicted molar refractivity (Wildman–Crippen MR) is 105 cm³/mol. The van der Waals surface area contributed by atoms with Crippen LogP contribution >= 0.6 is 0 Å². The number of hydrogen-bond donors (Lipinski definition) is 2. The Morgan fingerprint density at radius 3 is 2.64 bits per heavy atom. The van der Waals surface area contributed by atoms with Crippen molar-refractivity contribution in [1.82, 2.24) is 15.3 Å². The van der Waals surface area contributed by atoms with E-state index in [0.29, 0.717) is 23.6 Å². The maximum absolute atomic E-state index is 12.4. The van der Waals surface area contributed by atoms with Crippen LogP contribution < -0.4 is 10.6 Å². The molecule has 0 spiro atoms. The number of nitrogens with zero attached hydrogens (tertiary/aromatic N) is 2. The molecule has 3 aromatic rings. The van der Waals surface area contributed by atoms with E-state index in [1.54, 1.807) is 24.3 Å². The number of hydrogen-bond acceptors (Lipinski definition) is 6. The van der Waals surface area contributed by atoms with E-state index in [0.717, 1.165) is 11.1 Å². The quantitative estimate of drug-likeness (QED) is 0.642. The van der Waals surface area contributed by atoms with Crippen LogP contribution in [0.1, 0.15) is 32.0 Å². The predicted octanol–water partition coefficient (Wildman–Crippen LogP) is 3.25. The molecule has 0 aliphatic heterocycles. The number of rotatable bonds is 6. The average Bonchev–Trinajstić information content (AvgIpc) is 2.72.